The highest BCUT2D eigenvalue weighted by Crippen LogP contribution is 2.45. The fourth-order valence-corrected chi connectivity index (χ4v) is 10.5. The molecule has 0 aliphatic rings. The van der Waals surface area contributed by atoms with Crippen LogP contribution in [0.2, 0.25) is 0 Å². The van der Waals surface area contributed by atoms with E-state index in [1.54, 1.807) is 0 Å². The van der Waals surface area contributed by atoms with Crippen LogP contribution in [0.25, 0.3) is 123 Å². The van der Waals surface area contributed by atoms with Crippen molar-refractivity contribution in [3.8, 4) is 79.2 Å². The molecule has 6 heteroatoms. The molecule has 4 aromatic heterocycles. The van der Waals surface area contributed by atoms with Gasteiger partial charge in [0.15, 0.2) is 11.6 Å². The SMILES string of the molecule is Cc1ccc2c(c1)c1cc(C)ccc1n2-c1cc(-c2cc(-c3ccccc3)nc(-c3ccccc3)n2)cc(-c2cc(-c3ccccc3)nc(-c3ccccc3)n2)c1-n1c2ccc(C)cc2c2cc(C)ccc21. The Morgan fingerprint density at radius 1 is 0.278 bits per heavy atom. The number of hydrogen-bond acceptors (Lipinski definition) is 4. The lowest BCUT2D eigenvalue weighted by atomic mass is 9.98. The van der Waals surface area contributed by atoms with Crippen LogP contribution in [-0.4, -0.2) is 29.1 Å². The number of rotatable bonds is 8. The van der Waals surface area contributed by atoms with Crippen LogP contribution in [0.1, 0.15) is 22.3 Å². The summed E-state index contributed by atoms with van der Waals surface area (Å²) in [5.74, 6) is 1.29. The predicted octanol–water partition coefficient (Wildman–Crippen LogP) is 16.7. The molecule has 0 unspecified atom stereocenters. The van der Waals surface area contributed by atoms with Gasteiger partial charge in [0.05, 0.1) is 56.2 Å². The van der Waals surface area contributed by atoms with Crippen molar-refractivity contribution in [3.63, 3.8) is 0 Å². The monoisotopic (exact) mass is 924 g/mol. The first-order chi connectivity index (χ1) is 35.3. The fraction of sp³-hybridized carbons (Fsp3) is 0.0606. The van der Waals surface area contributed by atoms with Gasteiger partial charge in [-0.05, 0) is 100 Å². The molecule has 9 aromatic carbocycles. The molecule has 0 N–H and O–H groups in total. The van der Waals surface area contributed by atoms with Gasteiger partial charge < -0.3 is 9.13 Å². The Labute approximate surface area is 418 Å². The Morgan fingerprint density at radius 2 is 0.611 bits per heavy atom. The standard InChI is InChI=1S/C66H48N6/c1-41-25-29-59-50(33-41)51-34-42(2)26-30-60(51)71(59)63-38-49(57-39-55(45-17-9-5-10-18-45)67-65(69-57)47-21-13-7-14-22-47)37-54(64(63)72-61-31-27-43(3)35-52(61)53-36-44(4)28-32-62(53)72)58-40-56(46-19-11-6-12-20-46)68-66(70-58)48-23-15-8-16-24-48/h5-40H,1-4H3. The predicted molar refractivity (Wildman–Crippen MR) is 298 cm³/mol. The zero-order chi connectivity index (χ0) is 48.5. The van der Waals surface area contributed by atoms with Gasteiger partial charge >= 0.3 is 0 Å². The minimum absolute atomic E-state index is 0.640. The van der Waals surface area contributed by atoms with Crippen LogP contribution in [0.3, 0.4) is 0 Å². The van der Waals surface area contributed by atoms with E-state index in [4.69, 9.17) is 19.9 Å². The highest BCUT2D eigenvalue weighted by atomic mass is 15.1. The second-order valence-electron chi connectivity index (χ2n) is 19.0. The summed E-state index contributed by atoms with van der Waals surface area (Å²) in [4.78, 5) is 21.7. The lowest BCUT2D eigenvalue weighted by Crippen LogP contribution is -2.08. The molecule has 0 bridgehead atoms. The largest absolute Gasteiger partial charge is 0.307 e. The lowest BCUT2D eigenvalue weighted by molar-refractivity contribution is 1.09. The van der Waals surface area contributed by atoms with E-state index in [1.165, 1.54) is 43.8 Å². The average Bonchev–Trinajstić information content (AvgIpc) is 3.91. The summed E-state index contributed by atoms with van der Waals surface area (Å²) in [5.41, 5.74) is 20.2. The molecule has 72 heavy (non-hydrogen) atoms. The zero-order valence-corrected chi connectivity index (χ0v) is 40.5. The van der Waals surface area contributed by atoms with E-state index in [0.29, 0.717) is 11.6 Å². The van der Waals surface area contributed by atoms with Crippen molar-refractivity contribution in [3.05, 3.63) is 241 Å². The Hall–Kier alpha value is -9.26. The summed E-state index contributed by atoms with van der Waals surface area (Å²) >= 11 is 0. The maximum absolute atomic E-state index is 5.63. The van der Waals surface area contributed by atoms with Crippen molar-refractivity contribution < 1.29 is 0 Å². The van der Waals surface area contributed by atoms with Crippen LogP contribution >= 0.6 is 0 Å². The van der Waals surface area contributed by atoms with Gasteiger partial charge in [-0.15, -0.1) is 0 Å². The topological polar surface area (TPSA) is 61.4 Å². The maximum Gasteiger partial charge on any atom is 0.160 e. The Kier molecular flexibility index (Phi) is 10.3. The van der Waals surface area contributed by atoms with Crippen molar-refractivity contribution in [2.24, 2.45) is 0 Å². The lowest BCUT2D eigenvalue weighted by Gasteiger charge is -2.23. The molecule has 0 saturated carbocycles. The molecule has 0 spiro atoms. The van der Waals surface area contributed by atoms with Gasteiger partial charge in [0.1, 0.15) is 0 Å². The normalized spacial score (nSPS) is 11.6. The number of hydrogen-bond donors (Lipinski definition) is 0. The molecule has 0 saturated heterocycles. The first-order valence-corrected chi connectivity index (χ1v) is 24.5. The van der Waals surface area contributed by atoms with Crippen molar-refractivity contribution in [2.45, 2.75) is 27.7 Å². The number of benzene rings is 9. The molecule has 4 heterocycles. The summed E-state index contributed by atoms with van der Waals surface area (Å²) in [6, 6.07) is 77.8. The van der Waals surface area contributed by atoms with Gasteiger partial charge in [0.25, 0.3) is 0 Å². The number of aryl methyl sites for hydroxylation is 4. The second kappa shape index (κ2) is 17.3. The molecule has 0 atom stereocenters. The van der Waals surface area contributed by atoms with E-state index >= 15 is 0 Å². The van der Waals surface area contributed by atoms with Gasteiger partial charge in [0.2, 0.25) is 0 Å². The smallest absolute Gasteiger partial charge is 0.160 e. The summed E-state index contributed by atoms with van der Waals surface area (Å²) < 4.78 is 4.95. The molecule has 0 aliphatic carbocycles. The molecule has 0 fully saturated rings. The van der Waals surface area contributed by atoms with Gasteiger partial charge in [-0.3, -0.25) is 0 Å². The van der Waals surface area contributed by atoms with Crippen LogP contribution in [0.5, 0.6) is 0 Å². The minimum Gasteiger partial charge on any atom is -0.307 e. The third-order valence-corrected chi connectivity index (χ3v) is 13.9. The zero-order valence-electron chi connectivity index (χ0n) is 40.5. The van der Waals surface area contributed by atoms with Crippen molar-refractivity contribution in [2.75, 3.05) is 0 Å². The highest BCUT2D eigenvalue weighted by Gasteiger charge is 2.27. The van der Waals surface area contributed by atoms with Crippen molar-refractivity contribution in [1.29, 1.82) is 0 Å². The van der Waals surface area contributed by atoms with E-state index in [9.17, 15) is 0 Å². The first-order valence-electron chi connectivity index (χ1n) is 24.5. The molecular weight excluding hydrogens is 877 g/mol. The average molecular weight is 925 g/mol. The van der Waals surface area contributed by atoms with Crippen LogP contribution < -0.4 is 0 Å². The minimum atomic E-state index is 0.640. The Bertz CT molecular complexity index is 4000. The fourth-order valence-electron chi connectivity index (χ4n) is 10.5. The number of fused-ring (bicyclic) bond motifs is 6. The Morgan fingerprint density at radius 3 is 1.01 bits per heavy atom. The van der Waals surface area contributed by atoms with Crippen LogP contribution in [0, 0.1) is 27.7 Å². The molecule has 342 valence electrons. The maximum atomic E-state index is 5.63. The van der Waals surface area contributed by atoms with Crippen LogP contribution in [-0.2, 0) is 0 Å². The third-order valence-electron chi connectivity index (χ3n) is 13.9. The van der Waals surface area contributed by atoms with Gasteiger partial charge in [-0.2, -0.15) is 0 Å². The van der Waals surface area contributed by atoms with Gasteiger partial charge in [0, 0.05) is 54.9 Å². The highest BCUT2D eigenvalue weighted by molar-refractivity contribution is 6.13. The quantitative estimate of drug-likeness (QED) is 0.152. The molecular formula is C66H48N6. The first kappa shape index (κ1) is 42.8. The third kappa shape index (κ3) is 7.44. The second-order valence-corrected chi connectivity index (χ2v) is 19.0. The van der Waals surface area contributed by atoms with E-state index in [2.05, 4.69) is 219 Å². The van der Waals surface area contributed by atoms with E-state index in [-0.39, 0.29) is 0 Å². The van der Waals surface area contributed by atoms with Gasteiger partial charge in [-0.1, -0.05) is 168 Å². The van der Waals surface area contributed by atoms with Crippen LogP contribution in [0.15, 0.2) is 218 Å². The van der Waals surface area contributed by atoms with Crippen molar-refractivity contribution in [1.82, 2.24) is 29.1 Å². The summed E-state index contributed by atoms with van der Waals surface area (Å²) in [6.45, 7) is 8.72. The summed E-state index contributed by atoms with van der Waals surface area (Å²) in [5, 5.41) is 4.77. The molecule has 13 aromatic rings. The summed E-state index contributed by atoms with van der Waals surface area (Å²) in [7, 11) is 0. The Balaban J connectivity index is 1.25. The van der Waals surface area contributed by atoms with Gasteiger partial charge in [-0.25, -0.2) is 19.9 Å². The molecule has 13 rings (SSSR count). The van der Waals surface area contributed by atoms with Crippen molar-refractivity contribution >= 4 is 43.6 Å². The van der Waals surface area contributed by atoms with E-state index in [0.717, 1.165) is 89.6 Å². The van der Waals surface area contributed by atoms with Crippen LogP contribution in [0.4, 0.5) is 0 Å². The van der Waals surface area contributed by atoms with E-state index < -0.39 is 0 Å². The molecule has 0 radical (unpaired) electrons. The van der Waals surface area contributed by atoms with E-state index in [1.807, 2.05) is 36.4 Å². The molecule has 0 aliphatic heterocycles. The number of nitrogens with zero attached hydrogens (tertiary/aromatic N) is 6. The molecule has 6 nitrogen and oxygen atoms in total. The number of aromatic nitrogens is 6. The summed E-state index contributed by atoms with van der Waals surface area (Å²) in [6.07, 6.45) is 0. The molecule has 0 amide bonds.